The maximum atomic E-state index is 13.3. The Morgan fingerprint density at radius 2 is 1.65 bits per heavy atom. The lowest BCUT2D eigenvalue weighted by molar-refractivity contribution is -0.154. The zero-order valence-electron chi connectivity index (χ0n) is 17.1. The van der Waals surface area contributed by atoms with Crippen molar-refractivity contribution in [3.63, 3.8) is 0 Å². The zero-order valence-corrected chi connectivity index (χ0v) is 17.1. The third-order valence-electron chi connectivity index (χ3n) is 4.51. The van der Waals surface area contributed by atoms with Crippen molar-refractivity contribution in [2.24, 2.45) is 5.92 Å². The topological polar surface area (TPSA) is 91.8 Å². The van der Waals surface area contributed by atoms with E-state index in [1.165, 1.54) is 19.1 Å². The highest BCUT2D eigenvalue weighted by Crippen LogP contribution is 2.25. The number of Topliss-reactive ketones (excluding diaryl/α,β-unsaturated/α-hetero) is 2. The van der Waals surface area contributed by atoms with Gasteiger partial charge in [0.2, 0.25) is 5.88 Å². The van der Waals surface area contributed by atoms with Crippen LogP contribution in [0.5, 0.6) is 17.4 Å². The van der Waals surface area contributed by atoms with Crippen LogP contribution in [0.1, 0.15) is 13.8 Å². The Morgan fingerprint density at radius 1 is 0.968 bits per heavy atom. The zero-order chi connectivity index (χ0) is 22.5. The molecule has 2 unspecified atom stereocenters. The van der Waals surface area contributed by atoms with Crippen LogP contribution in [0.15, 0.2) is 54.6 Å². The predicted molar refractivity (Wildman–Crippen MR) is 110 cm³/mol. The fraction of sp³-hybridized carbons (Fsp3) is 0.217. The van der Waals surface area contributed by atoms with Gasteiger partial charge in [-0.1, -0.05) is 0 Å². The van der Waals surface area contributed by atoms with Crippen LogP contribution in [-0.4, -0.2) is 35.7 Å². The highest BCUT2D eigenvalue weighted by molar-refractivity contribution is 6.17. The van der Waals surface area contributed by atoms with Crippen LogP contribution in [0.4, 0.5) is 4.39 Å². The summed E-state index contributed by atoms with van der Waals surface area (Å²) in [5, 5.41) is 0.658. The molecule has 3 aromatic rings. The molecule has 0 aliphatic heterocycles. The SMILES string of the molecule is COC(=O)C(C(C)=O)C(=O)C(C)Oc1ccc(Oc2ccc3cc(F)ccc3n2)cc1. The lowest BCUT2D eigenvalue weighted by Crippen LogP contribution is -2.39. The molecule has 8 heteroatoms. The molecule has 0 saturated heterocycles. The molecule has 2 atom stereocenters. The molecular weight excluding hydrogens is 405 g/mol. The van der Waals surface area contributed by atoms with E-state index in [0.29, 0.717) is 28.3 Å². The van der Waals surface area contributed by atoms with Gasteiger partial charge >= 0.3 is 5.97 Å². The number of aromatic nitrogens is 1. The van der Waals surface area contributed by atoms with E-state index < -0.39 is 29.6 Å². The van der Waals surface area contributed by atoms with Crippen LogP contribution in [0.3, 0.4) is 0 Å². The predicted octanol–water partition coefficient (Wildman–Crippen LogP) is 3.88. The lowest BCUT2D eigenvalue weighted by atomic mass is 9.96. The van der Waals surface area contributed by atoms with Gasteiger partial charge in [-0.3, -0.25) is 14.4 Å². The molecule has 0 amide bonds. The van der Waals surface area contributed by atoms with Crippen LogP contribution < -0.4 is 9.47 Å². The largest absolute Gasteiger partial charge is 0.483 e. The Morgan fingerprint density at radius 3 is 2.29 bits per heavy atom. The first-order chi connectivity index (χ1) is 14.8. The minimum Gasteiger partial charge on any atom is -0.483 e. The minimum absolute atomic E-state index is 0.332. The summed E-state index contributed by atoms with van der Waals surface area (Å²) in [6.07, 6.45) is -1.04. The fourth-order valence-corrected chi connectivity index (χ4v) is 2.94. The highest BCUT2D eigenvalue weighted by Gasteiger charge is 2.36. The smallest absolute Gasteiger partial charge is 0.323 e. The molecule has 0 spiro atoms. The number of esters is 1. The van der Waals surface area contributed by atoms with E-state index in [4.69, 9.17) is 9.47 Å². The number of halogens is 1. The molecule has 1 aromatic heterocycles. The summed E-state index contributed by atoms with van der Waals surface area (Å²) >= 11 is 0. The fourth-order valence-electron chi connectivity index (χ4n) is 2.94. The second kappa shape index (κ2) is 9.34. The normalized spacial score (nSPS) is 12.6. The average molecular weight is 425 g/mol. The summed E-state index contributed by atoms with van der Waals surface area (Å²) in [5.41, 5.74) is 0.594. The number of hydrogen-bond acceptors (Lipinski definition) is 7. The van der Waals surface area contributed by atoms with Crippen molar-refractivity contribution < 1.29 is 33.0 Å². The lowest BCUT2D eigenvalue weighted by Gasteiger charge is -2.17. The molecule has 0 N–H and O–H groups in total. The molecule has 0 saturated carbocycles. The summed E-state index contributed by atoms with van der Waals surface area (Å²) in [6.45, 7) is 2.60. The van der Waals surface area contributed by atoms with Crippen LogP contribution in [0.2, 0.25) is 0 Å². The Kier molecular flexibility index (Phi) is 6.59. The van der Waals surface area contributed by atoms with Gasteiger partial charge in [0.15, 0.2) is 23.6 Å². The van der Waals surface area contributed by atoms with Crippen molar-refractivity contribution in [1.29, 1.82) is 0 Å². The molecule has 160 valence electrons. The van der Waals surface area contributed by atoms with Gasteiger partial charge in [0.1, 0.15) is 17.3 Å². The van der Waals surface area contributed by atoms with Gasteiger partial charge in [-0.25, -0.2) is 9.37 Å². The molecule has 31 heavy (non-hydrogen) atoms. The summed E-state index contributed by atoms with van der Waals surface area (Å²) in [6, 6.07) is 14.0. The summed E-state index contributed by atoms with van der Waals surface area (Å²) in [4.78, 5) is 40.1. The Labute approximate surface area is 177 Å². The van der Waals surface area contributed by atoms with Crippen LogP contribution >= 0.6 is 0 Å². The molecule has 2 aromatic carbocycles. The monoisotopic (exact) mass is 425 g/mol. The van der Waals surface area contributed by atoms with Gasteiger partial charge < -0.3 is 14.2 Å². The van der Waals surface area contributed by atoms with Gasteiger partial charge in [-0.05, 0) is 62.4 Å². The maximum absolute atomic E-state index is 13.3. The van der Waals surface area contributed by atoms with E-state index in [-0.39, 0.29) is 5.82 Å². The number of nitrogens with zero attached hydrogens (tertiary/aromatic N) is 1. The van der Waals surface area contributed by atoms with Gasteiger partial charge in [0, 0.05) is 11.5 Å². The molecule has 0 aliphatic carbocycles. The van der Waals surface area contributed by atoms with Gasteiger partial charge in [0.25, 0.3) is 0 Å². The van der Waals surface area contributed by atoms with E-state index in [2.05, 4.69) is 9.72 Å². The first kappa shape index (κ1) is 21.9. The van der Waals surface area contributed by atoms with Gasteiger partial charge in [-0.15, -0.1) is 0 Å². The number of benzene rings is 2. The van der Waals surface area contributed by atoms with E-state index in [0.717, 1.165) is 14.0 Å². The standard InChI is InChI=1S/C23H20FNO6/c1-13(26)21(23(28)29-3)22(27)14(2)30-17-6-8-18(9-7-17)31-20-11-4-15-12-16(24)5-10-19(15)25-20/h4-12,14,21H,1-3H3. The molecule has 0 radical (unpaired) electrons. The van der Waals surface area contributed by atoms with E-state index in [1.54, 1.807) is 42.5 Å². The van der Waals surface area contributed by atoms with Gasteiger partial charge in [0.05, 0.1) is 12.6 Å². The highest BCUT2D eigenvalue weighted by atomic mass is 19.1. The van der Waals surface area contributed by atoms with Crippen molar-refractivity contribution in [3.05, 3.63) is 60.4 Å². The minimum atomic E-state index is -1.52. The average Bonchev–Trinajstić information content (AvgIpc) is 2.74. The van der Waals surface area contributed by atoms with E-state index in [1.807, 2.05) is 0 Å². The third kappa shape index (κ3) is 5.22. The van der Waals surface area contributed by atoms with Crippen molar-refractivity contribution >= 4 is 28.4 Å². The Balaban J connectivity index is 1.67. The van der Waals surface area contributed by atoms with Crippen LogP contribution in [-0.2, 0) is 19.1 Å². The first-order valence-electron chi connectivity index (χ1n) is 9.41. The molecular formula is C23H20FNO6. The first-order valence-corrected chi connectivity index (χ1v) is 9.41. The third-order valence-corrected chi connectivity index (χ3v) is 4.51. The second-order valence-corrected chi connectivity index (χ2v) is 6.79. The number of hydrogen-bond donors (Lipinski definition) is 0. The number of fused-ring (bicyclic) bond motifs is 1. The number of methoxy groups -OCH3 is 1. The van der Waals surface area contributed by atoms with Crippen molar-refractivity contribution in [1.82, 2.24) is 4.98 Å². The summed E-state index contributed by atoms with van der Waals surface area (Å²) < 4.78 is 29.1. The summed E-state index contributed by atoms with van der Waals surface area (Å²) in [5.74, 6) is -2.92. The number of carbonyl (C=O) groups is 3. The van der Waals surface area contributed by atoms with Crippen molar-refractivity contribution in [2.75, 3.05) is 7.11 Å². The second-order valence-electron chi connectivity index (χ2n) is 6.79. The van der Waals surface area contributed by atoms with Crippen molar-refractivity contribution in [2.45, 2.75) is 20.0 Å². The van der Waals surface area contributed by atoms with Crippen molar-refractivity contribution in [3.8, 4) is 17.4 Å². The molecule has 0 aliphatic rings. The number of rotatable bonds is 8. The molecule has 1 heterocycles. The van der Waals surface area contributed by atoms with E-state index in [9.17, 15) is 18.8 Å². The molecule has 7 nitrogen and oxygen atoms in total. The molecule has 0 bridgehead atoms. The molecule has 3 rings (SSSR count). The maximum Gasteiger partial charge on any atom is 0.323 e. The molecule has 0 fully saturated rings. The van der Waals surface area contributed by atoms with Crippen LogP contribution in [0.25, 0.3) is 10.9 Å². The Bertz CT molecular complexity index is 1130. The number of carbonyl (C=O) groups excluding carboxylic acids is 3. The summed E-state index contributed by atoms with van der Waals surface area (Å²) in [7, 11) is 1.11. The Hall–Kier alpha value is -3.81. The number of ketones is 2. The number of pyridine rings is 1. The quantitative estimate of drug-likeness (QED) is 0.399. The van der Waals surface area contributed by atoms with E-state index >= 15 is 0 Å². The van der Waals surface area contributed by atoms with Gasteiger partial charge in [-0.2, -0.15) is 0 Å². The number of ether oxygens (including phenoxy) is 3. The van der Waals surface area contributed by atoms with Crippen LogP contribution in [0, 0.1) is 11.7 Å².